The van der Waals surface area contributed by atoms with Gasteiger partial charge < -0.3 is 15.2 Å². The number of nitrogens with zero attached hydrogens (tertiary/aromatic N) is 3. The summed E-state index contributed by atoms with van der Waals surface area (Å²) in [4.78, 5) is 8.92. The van der Waals surface area contributed by atoms with Crippen LogP contribution in [0.1, 0.15) is 26.7 Å². The quantitative estimate of drug-likeness (QED) is 0.361. The lowest BCUT2D eigenvalue weighted by molar-refractivity contribution is 0.378. The molecule has 0 bridgehead atoms. The van der Waals surface area contributed by atoms with E-state index in [9.17, 15) is 0 Å². The van der Waals surface area contributed by atoms with Gasteiger partial charge in [0.2, 0.25) is 11.7 Å². The Balaban J connectivity index is 0.00000312. The fourth-order valence-corrected chi connectivity index (χ4v) is 2.19. The third-order valence-corrected chi connectivity index (χ3v) is 3.38. The van der Waals surface area contributed by atoms with Gasteiger partial charge in [-0.1, -0.05) is 42.7 Å². The molecule has 8 heteroatoms. The fraction of sp³-hybridized carbons (Fsp3) is 0.471. The van der Waals surface area contributed by atoms with E-state index in [0.717, 1.165) is 24.6 Å². The van der Waals surface area contributed by atoms with Crippen LogP contribution in [-0.2, 0) is 6.42 Å². The average Bonchev–Trinajstić information content (AvgIpc) is 3.01. The summed E-state index contributed by atoms with van der Waals surface area (Å²) in [6.45, 7) is 8.60. The minimum absolute atomic E-state index is 0. The molecule has 0 atom stereocenters. The Morgan fingerprint density at radius 3 is 2.80 bits per heavy atom. The maximum absolute atomic E-state index is 5.99. The van der Waals surface area contributed by atoms with Gasteiger partial charge in [-0.2, -0.15) is 4.98 Å². The first-order chi connectivity index (χ1) is 11.6. The molecule has 0 spiro atoms. The van der Waals surface area contributed by atoms with Gasteiger partial charge in [0.1, 0.15) is 0 Å². The molecule has 138 valence electrons. The van der Waals surface area contributed by atoms with Gasteiger partial charge in [-0.25, -0.2) is 0 Å². The number of hydrogen-bond donors (Lipinski definition) is 2. The van der Waals surface area contributed by atoms with Crippen molar-refractivity contribution in [2.24, 2.45) is 10.9 Å². The Morgan fingerprint density at radius 1 is 1.32 bits per heavy atom. The third kappa shape index (κ3) is 7.60. The van der Waals surface area contributed by atoms with Crippen molar-refractivity contribution in [3.63, 3.8) is 0 Å². The number of benzene rings is 1. The van der Waals surface area contributed by atoms with Gasteiger partial charge >= 0.3 is 0 Å². The highest BCUT2D eigenvalue weighted by atomic mass is 127. The molecule has 0 radical (unpaired) electrons. The molecule has 1 heterocycles. The van der Waals surface area contributed by atoms with Crippen molar-refractivity contribution in [1.82, 2.24) is 20.8 Å². The fourth-order valence-electron chi connectivity index (χ4n) is 2.00. The predicted molar refractivity (Wildman–Crippen MR) is 113 cm³/mol. The second-order valence-electron chi connectivity index (χ2n) is 5.81. The van der Waals surface area contributed by atoms with Crippen LogP contribution in [0.15, 0.2) is 33.8 Å². The summed E-state index contributed by atoms with van der Waals surface area (Å²) in [6.07, 6.45) is 0.625. The van der Waals surface area contributed by atoms with Gasteiger partial charge in [-0.05, 0) is 25.0 Å². The van der Waals surface area contributed by atoms with Crippen molar-refractivity contribution < 1.29 is 4.52 Å². The van der Waals surface area contributed by atoms with E-state index in [0.29, 0.717) is 35.6 Å². The summed E-state index contributed by atoms with van der Waals surface area (Å²) in [5.74, 6) is 2.46. The van der Waals surface area contributed by atoms with Crippen LogP contribution in [0.2, 0.25) is 5.02 Å². The van der Waals surface area contributed by atoms with Crippen LogP contribution in [-0.4, -0.2) is 35.7 Å². The lowest BCUT2D eigenvalue weighted by Crippen LogP contribution is -2.38. The van der Waals surface area contributed by atoms with Crippen molar-refractivity contribution in [2.45, 2.75) is 27.2 Å². The van der Waals surface area contributed by atoms with Crippen LogP contribution in [0.25, 0.3) is 11.4 Å². The zero-order valence-corrected chi connectivity index (χ0v) is 17.8. The lowest BCUT2D eigenvalue weighted by atomic mass is 10.2. The van der Waals surface area contributed by atoms with Crippen LogP contribution in [0.3, 0.4) is 0 Å². The lowest BCUT2D eigenvalue weighted by Gasteiger charge is -2.10. The molecular weight excluding hydrogens is 453 g/mol. The van der Waals surface area contributed by atoms with E-state index in [4.69, 9.17) is 16.1 Å². The van der Waals surface area contributed by atoms with Crippen LogP contribution >= 0.6 is 35.6 Å². The summed E-state index contributed by atoms with van der Waals surface area (Å²) < 4.78 is 5.29. The molecule has 0 saturated carbocycles. The number of guanidine groups is 1. The smallest absolute Gasteiger partial charge is 0.228 e. The maximum Gasteiger partial charge on any atom is 0.228 e. The molecule has 2 aromatic rings. The van der Waals surface area contributed by atoms with Crippen molar-refractivity contribution in [1.29, 1.82) is 0 Å². The Kier molecular flexibility index (Phi) is 9.81. The molecule has 0 saturated heterocycles. The highest BCUT2D eigenvalue weighted by Gasteiger charge is 2.09. The molecule has 1 aromatic heterocycles. The van der Waals surface area contributed by atoms with E-state index in [1.807, 2.05) is 31.2 Å². The Morgan fingerprint density at radius 2 is 2.12 bits per heavy atom. The normalized spacial score (nSPS) is 11.3. The van der Waals surface area contributed by atoms with Gasteiger partial charge in [0.15, 0.2) is 5.96 Å². The van der Waals surface area contributed by atoms with Crippen LogP contribution < -0.4 is 10.6 Å². The first kappa shape index (κ1) is 21.7. The highest BCUT2D eigenvalue weighted by molar-refractivity contribution is 14.0. The summed E-state index contributed by atoms with van der Waals surface area (Å²) in [7, 11) is 0. The van der Waals surface area contributed by atoms with Gasteiger partial charge in [-0.15, -0.1) is 24.0 Å². The summed E-state index contributed by atoms with van der Waals surface area (Å²) in [6, 6.07) is 7.40. The van der Waals surface area contributed by atoms with Crippen LogP contribution in [0.5, 0.6) is 0 Å². The zero-order chi connectivity index (χ0) is 17.4. The number of aliphatic imine (C=N–C) groups is 1. The monoisotopic (exact) mass is 477 g/mol. The third-order valence-electron chi connectivity index (χ3n) is 3.14. The Labute approximate surface area is 170 Å². The van der Waals surface area contributed by atoms with Crippen LogP contribution in [0.4, 0.5) is 0 Å². The number of nitrogens with one attached hydrogen (secondary N) is 2. The second kappa shape index (κ2) is 11.3. The summed E-state index contributed by atoms with van der Waals surface area (Å²) in [5.41, 5.74) is 0.845. The topological polar surface area (TPSA) is 75.3 Å². The van der Waals surface area contributed by atoms with E-state index < -0.39 is 0 Å². The first-order valence-electron chi connectivity index (χ1n) is 8.19. The van der Waals surface area contributed by atoms with Crippen LogP contribution in [0, 0.1) is 5.92 Å². The van der Waals surface area contributed by atoms with E-state index in [1.165, 1.54) is 0 Å². The zero-order valence-electron chi connectivity index (χ0n) is 14.8. The minimum atomic E-state index is 0. The number of rotatable bonds is 7. The van der Waals surface area contributed by atoms with Gasteiger partial charge in [0, 0.05) is 36.6 Å². The molecular formula is C17H25ClIN5O. The maximum atomic E-state index is 5.99. The molecule has 0 aliphatic rings. The molecule has 1 aromatic carbocycles. The minimum Gasteiger partial charge on any atom is -0.357 e. The second-order valence-corrected chi connectivity index (χ2v) is 6.25. The number of aromatic nitrogens is 2. The van der Waals surface area contributed by atoms with E-state index in [-0.39, 0.29) is 24.0 Å². The Hall–Kier alpha value is -1.35. The van der Waals surface area contributed by atoms with Crippen molar-refractivity contribution >= 4 is 41.5 Å². The molecule has 0 fully saturated rings. The van der Waals surface area contributed by atoms with Crippen molar-refractivity contribution in [3.05, 3.63) is 35.2 Å². The molecule has 2 rings (SSSR count). The van der Waals surface area contributed by atoms with Gasteiger partial charge in [0.05, 0.1) is 0 Å². The van der Waals surface area contributed by atoms with Gasteiger partial charge in [-0.3, -0.25) is 4.99 Å². The molecule has 6 nitrogen and oxygen atoms in total. The Bertz CT molecular complexity index is 675. The molecule has 0 aliphatic carbocycles. The molecule has 0 aliphatic heterocycles. The molecule has 0 amide bonds. The van der Waals surface area contributed by atoms with Crippen molar-refractivity contribution in [3.8, 4) is 11.4 Å². The summed E-state index contributed by atoms with van der Waals surface area (Å²) >= 11 is 5.99. The SMILES string of the molecule is CCNC(=NCC(C)C)NCCc1nc(-c2cccc(Cl)c2)no1.I. The standard InChI is InChI=1S/C17H24ClN5O.HI/c1-4-19-17(21-11-12(2)3)20-9-8-15-22-16(23-24-15)13-6-5-7-14(18)10-13;/h5-7,10,12H,4,8-9,11H2,1-3H3,(H2,19,20,21);1H. The predicted octanol–water partition coefficient (Wildman–Crippen LogP) is 3.76. The largest absolute Gasteiger partial charge is 0.357 e. The van der Waals surface area contributed by atoms with Gasteiger partial charge in [0.25, 0.3) is 0 Å². The number of halogens is 2. The number of hydrogen-bond acceptors (Lipinski definition) is 4. The van der Waals surface area contributed by atoms with E-state index >= 15 is 0 Å². The average molecular weight is 478 g/mol. The molecule has 0 unspecified atom stereocenters. The molecule has 2 N–H and O–H groups in total. The summed E-state index contributed by atoms with van der Waals surface area (Å²) in [5, 5.41) is 11.1. The highest BCUT2D eigenvalue weighted by Crippen LogP contribution is 2.19. The van der Waals surface area contributed by atoms with E-state index in [1.54, 1.807) is 0 Å². The molecule has 25 heavy (non-hydrogen) atoms. The van der Waals surface area contributed by atoms with Crippen molar-refractivity contribution in [2.75, 3.05) is 19.6 Å². The first-order valence-corrected chi connectivity index (χ1v) is 8.57. The van der Waals surface area contributed by atoms with E-state index in [2.05, 4.69) is 39.6 Å².